The lowest BCUT2D eigenvalue weighted by Crippen LogP contribution is -2.35. The van der Waals surface area contributed by atoms with Crippen LogP contribution in [0.4, 0.5) is 0 Å². The van der Waals surface area contributed by atoms with Gasteiger partial charge in [-0.25, -0.2) is 30.2 Å². The minimum Gasteiger partial charge on any atom is -0.336 e. The Kier molecular flexibility index (Phi) is 10.8. The van der Waals surface area contributed by atoms with Crippen molar-refractivity contribution in [1.29, 1.82) is 0 Å². The lowest BCUT2D eigenvalue weighted by atomic mass is 10.1. The molecule has 2 aliphatic rings. The smallest absolute Gasteiger partial charge is 0.274 e. The van der Waals surface area contributed by atoms with Crippen molar-refractivity contribution in [2.45, 2.75) is 45.2 Å². The predicted molar refractivity (Wildman–Crippen MR) is 154 cm³/mol. The molecule has 4 rings (SSSR count). The van der Waals surface area contributed by atoms with Crippen LogP contribution in [0, 0.1) is 20.2 Å². The van der Waals surface area contributed by atoms with Gasteiger partial charge in [0.25, 0.3) is 11.9 Å². The lowest BCUT2D eigenvalue weighted by Gasteiger charge is -2.21. The van der Waals surface area contributed by atoms with E-state index in [0.29, 0.717) is 74.6 Å². The standard InChI is InChI=1S/C25H32Cl2N10O4/c26-22-8-6-20(16-28-22)18-34-14-12-32(24(34)30-36(38)39)10-4-2-1-3-5-11-33-13-15-35(25(33)31-37(40)41)19-21-7-9-23(27)29-17-21/h6-9,16-17H,1-5,10-15,18-19H2/b30-24-,31-25-. The molecular weight excluding hydrogens is 575 g/mol. The maximum absolute atomic E-state index is 11.2. The van der Waals surface area contributed by atoms with Gasteiger partial charge in [-0.15, -0.1) is 0 Å². The molecule has 14 nitrogen and oxygen atoms in total. The molecule has 16 heteroatoms. The SMILES string of the molecule is O=[N+]([O-])/N=C1/N(CCCCCCCN2CCN(Cc3ccc(Cl)nc3)/C2=N\[N+](=O)[O-])CCN1Cc1ccc(Cl)nc1. The van der Waals surface area contributed by atoms with E-state index in [-0.39, 0.29) is 0 Å². The van der Waals surface area contributed by atoms with E-state index in [1.807, 2.05) is 31.7 Å². The number of halogens is 2. The van der Waals surface area contributed by atoms with Crippen LogP contribution in [0.1, 0.15) is 43.2 Å². The highest BCUT2D eigenvalue weighted by molar-refractivity contribution is 6.29. The van der Waals surface area contributed by atoms with Crippen molar-refractivity contribution in [2.75, 3.05) is 39.3 Å². The fourth-order valence-corrected chi connectivity index (χ4v) is 5.20. The maximum Gasteiger partial charge on any atom is 0.274 e. The highest BCUT2D eigenvalue weighted by Gasteiger charge is 2.30. The van der Waals surface area contributed by atoms with Crippen molar-refractivity contribution in [2.24, 2.45) is 10.2 Å². The Bertz CT molecular complexity index is 1150. The number of hydrogen-bond donors (Lipinski definition) is 0. The number of guanidine groups is 2. The van der Waals surface area contributed by atoms with Crippen LogP contribution >= 0.6 is 23.2 Å². The highest BCUT2D eigenvalue weighted by Crippen LogP contribution is 2.18. The summed E-state index contributed by atoms with van der Waals surface area (Å²) in [6.45, 7) is 4.94. The van der Waals surface area contributed by atoms with Crippen molar-refractivity contribution in [3.8, 4) is 0 Å². The summed E-state index contributed by atoms with van der Waals surface area (Å²) in [6.07, 6.45) is 8.02. The van der Waals surface area contributed by atoms with Gasteiger partial charge >= 0.3 is 0 Å². The van der Waals surface area contributed by atoms with E-state index in [1.54, 1.807) is 24.5 Å². The van der Waals surface area contributed by atoms with E-state index < -0.39 is 10.1 Å². The molecule has 2 aromatic heterocycles. The first-order valence-electron chi connectivity index (χ1n) is 13.4. The Balaban J connectivity index is 1.18. The summed E-state index contributed by atoms with van der Waals surface area (Å²) in [5, 5.41) is 29.2. The monoisotopic (exact) mass is 606 g/mol. The van der Waals surface area contributed by atoms with Crippen LogP contribution in [0.15, 0.2) is 46.9 Å². The molecule has 0 atom stereocenters. The molecule has 0 aromatic carbocycles. The normalized spacial score (nSPS) is 17.3. The number of pyridine rings is 2. The van der Waals surface area contributed by atoms with E-state index in [2.05, 4.69) is 20.2 Å². The summed E-state index contributed by atoms with van der Waals surface area (Å²) in [7, 11) is 0. The Morgan fingerprint density at radius 2 is 1.05 bits per heavy atom. The maximum atomic E-state index is 11.2. The molecule has 0 amide bonds. The lowest BCUT2D eigenvalue weighted by molar-refractivity contribution is -0.486. The Morgan fingerprint density at radius 1 is 0.659 bits per heavy atom. The van der Waals surface area contributed by atoms with Gasteiger partial charge in [0.15, 0.2) is 10.1 Å². The van der Waals surface area contributed by atoms with Gasteiger partial charge in [0.05, 0.1) is 0 Å². The molecule has 4 heterocycles. The topological polar surface area (TPSA) is 150 Å². The van der Waals surface area contributed by atoms with E-state index in [4.69, 9.17) is 23.2 Å². The second kappa shape index (κ2) is 14.7. The number of hydrogen-bond acceptors (Lipinski definition) is 6. The third kappa shape index (κ3) is 9.11. The minimum absolute atomic E-state index is 0.371. The molecular formula is C25H32Cl2N10O4. The molecule has 0 unspecified atom stereocenters. The van der Waals surface area contributed by atoms with Crippen LogP contribution < -0.4 is 0 Å². The van der Waals surface area contributed by atoms with Gasteiger partial charge in [0, 0.05) is 64.8 Å². The van der Waals surface area contributed by atoms with E-state index >= 15 is 0 Å². The number of rotatable bonds is 14. The van der Waals surface area contributed by atoms with Crippen LogP contribution in [0.3, 0.4) is 0 Å². The van der Waals surface area contributed by atoms with Crippen LogP contribution in [0.2, 0.25) is 10.3 Å². The molecule has 2 aromatic rings. The quantitative estimate of drug-likeness (QED) is 0.134. The number of nitrogens with zero attached hydrogens (tertiary/aromatic N) is 10. The van der Waals surface area contributed by atoms with Crippen LogP contribution in [0.5, 0.6) is 0 Å². The van der Waals surface area contributed by atoms with Gasteiger partial charge in [-0.05, 0) is 36.1 Å². The van der Waals surface area contributed by atoms with Crippen LogP contribution in [-0.4, -0.2) is 90.8 Å². The number of unbranched alkanes of at least 4 members (excludes halogenated alkanes) is 4. The summed E-state index contributed by atoms with van der Waals surface area (Å²) in [6, 6.07) is 7.10. The van der Waals surface area contributed by atoms with E-state index in [1.165, 1.54) is 0 Å². The third-order valence-corrected chi connectivity index (χ3v) is 7.38. The zero-order valence-electron chi connectivity index (χ0n) is 22.5. The van der Waals surface area contributed by atoms with E-state index in [0.717, 1.165) is 43.2 Å². The molecule has 0 aliphatic carbocycles. The fourth-order valence-electron chi connectivity index (χ4n) is 4.98. The summed E-state index contributed by atoms with van der Waals surface area (Å²) in [5.41, 5.74) is 1.81. The molecule has 2 saturated heterocycles. The van der Waals surface area contributed by atoms with Gasteiger partial charge in [0.2, 0.25) is 0 Å². The molecule has 41 heavy (non-hydrogen) atoms. The number of aromatic nitrogens is 2. The average molecular weight is 608 g/mol. The largest absolute Gasteiger partial charge is 0.336 e. The molecule has 2 aliphatic heterocycles. The number of nitro groups is 2. The van der Waals surface area contributed by atoms with Gasteiger partial charge in [0.1, 0.15) is 20.5 Å². The number of hydrazone groups is 2. The average Bonchev–Trinajstić information content (AvgIpc) is 3.48. The van der Waals surface area contributed by atoms with Gasteiger partial charge in [-0.1, -0.05) is 54.6 Å². The first kappa shape index (κ1) is 30.2. The molecule has 0 bridgehead atoms. The van der Waals surface area contributed by atoms with E-state index in [9.17, 15) is 20.2 Å². The van der Waals surface area contributed by atoms with Crippen molar-refractivity contribution in [3.63, 3.8) is 0 Å². The van der Waals surface area contributed by atoms with Crippen molar-refractivity contribution in [1.82, 2.24) is 29.6 Å². The van der Waals surface area contributed by atoms with Crippen molar-refractivity contribution >= 4 is 35.1 Å². The third-order valence-electron chi connectivity index (χ3n) is 6.93. The highest BCUT2D eigenvalue weighted by atomic mass is 35.5. The van der Waals surface area contributed by atoms with Crippen molar-refractivity contribution < 1.29 is 10.1 Å². The first-order valence-corrected chi connectivity index (χ1v) is 14.2. The van der Waals surface area contributed by atoms with Gasteiger partial charge < -0.3 is 19.6 Å². The minimum atomic E-state index is -0.650. The molecule has 2 fully saturated rings. The Hall–Kier alpha value is -3.78. The summed E-state index contributed by atoms with van der Waals surface area (Å²) in [4.78, 5) is 38.2. The fraction of sp³-hybridized carbons (Fsp3) is 0.520. The Labute approximate surface area is 247 Å². The molecule has 0 saturated carbocycles. The summed E-state index contributed by atoms with van der Waals surface area (Å²) < 4.78 is 0. The zero-order chi connectivity index (χ0) is 29.2. The Morgan fingerprint density at radius 3 is 1.41 bits per heavy atom. The van der Waals surface area contributed by atoms with Crippen molar-refractivity contribution in [3.05, 3.63) is 78.3 Å². The van der Waals surface area contributed by atoms with Gasteiger partial charge in [-0.3, -0.25) is 0 Å². The second-order valence-electron chi connectivity index (χ2n) is 9.84. The van der Waals surface area contributed by atoms with Crippen LogP contribution in [0.25, 0.3) is 0 Å². The summed E-state index contributed by atoms with van der Waals surface area (Å²) in [5.74, 6) is 0.742. The molecule has 0 N–H and O–H groups in total. The predicted octanol–water partition coefficient (Wildman–Crippen LogP) is 3.76. The summed E-state index contributed by atoms with van der Waals surface area (Å²) >= 11 is 11.7. The molecule has 0 spiro atoms. The molecule has 0 radical (unpaired) electrons. The van der Waals surface area contributed by atoms with Crippen LogP contribution in [-0.2, 0) is 13.1 Å². The zero-order valence-corrected chi connectivity index (χ0v) is 24.0. The van der Waals surface area contributed by atoms with Gasteiger partial charge in [-0.2, -0.15) is 0 Å². The molecule has 220 valence electrons. The first-order chi connectivity index (χ1) is 19.8. The second-order valence-corrected chi connectivity index (χ2v) is 10.6.